The SMILES string of the molecule is Cc1cccc(NC(=O)N2CCN(c3cc(C)nc(N4CCCC4)n3)CC2)c1. The van der Waals surface area contributed by atoms with E-state index in [9.17, 15) is 4.79 Å². The Morgan fingerprint density at radius 1 is 0.929 bits per heavy atom. The summed E-state index contributed by atoms with van der Waals surface area (Å²) in [6.45, 7) is 9.03. The van der Waals surface area contributed by atoms with Gasteiger partial charge >= 0.3 is 6.03 Å². The van der Waals surface area contributed by atoms with Gasteiger partial charge in [-0.1, -0.05) is 12.1 Å². The first kappa shape index (κ1) is 18.5. The molecule has 0 radical (unpaired) electrons. The highest BCUT2D eigenvalue weighted by Gasteiger charge is 2.23. The molecule has 2 aliphatic rings. The second kappa shape index (κ2) is 8.04. The van der Waals surface area contributed by atoms with Crippen LogP contribution in [-0.4, -0.2) is 60.2 Å². The first-order valence-electron chi connectivity index (χ1n) is 10.1. The average Bonchev–Trinajstić information content (AvgIpc) is 3.22. The summed E-state index contributed by atoms with van der Waals surface area (Å²) in [7, 11) is 0. The first-order valence-corrected chi connectivity index (χ1v) is 10.1. The van der Waals surface area contributed by atoms with Crippen molar-refractivity contribution >= 4 is 23.5 Å². The number of hydrogen-bond acceptors (Lipinski definition) is 5. The fraction of sp³-hybridized carbons (Fsp3) is 0.476. The highest BCUT2D eigenvalue weighted by molar-refractivity contribution is 5.89. The standard InChI is InChI=1S/C21H28N6O/c1-16-6-5-7-18(14-16)23-21(28)27-12-10-25(11-13-27)19-15-17(2)22-20(24-19)26-8-3-4-9-26/h5-7,14-15H,3-4,8-13H2,1-2H3,(H,23,28). The number of aryl methyl sites for hydroxylation is 2. The molecule has 1 aromatic carbocycles. The molecule has 7 nitrogen and oxygen atoms in total. The molecule has 0 saturated carbocycles. The maximum Gasteiger partial charge on any atom is 0.321 e. The van der Waals surface area contributed by atoms with Gasteiger partial charge in [-0.3, -0.25) is 0 Å². The smallest absolute Gasteiger partial charge is 0.321 e. The van der Waals surface area contributed by atoms with Crippen molar-refractivity contribution in [2.75, 3.05) is 54.4 Å². The molecule has 0 unspecified atom stereocenters. The molecule has 2 saturated heterocycles. The van der Waals surface area contributed by atoms with Crippen LogP contribution in [0.4, 0.5) is 22.2 Å². The Labute approximate surface area is 166 Å². The van der Waals surface area contributed by atoms with Crippen LogP contribution in [0.2, 0.25) is 0 Å². The summed E-state index contributed by atoms with van der Waals surface area (Å²) in [5.74, 6) is 1.81. The molecule has 2 aromatic rings. The lowest BCUT2D eigenvalue weighted by Gasteiger charge is -2.35. The van der Waals surface area contributed by atoms with Crippen molar-refractivity contribution in [2.45, 2.75) is 26.7 Å². The second-order valence-corrected chi connectivity index (χ2v) is 7.64. The van der Waals surface area contributed by atoms with Crippen LogP contribution in [-0.2, 0) is 0 Å². The predicted octanol–water partition coefficient (Wildman–Crippen LogP) is 3.05. The maximum absolute atomic E-state index is 12.6. The maximum atomic E-state index is 12.6. The van der Waals surface area contributed by atoms with Gasteiger partial charge in [-0.2, -0.15) is 4.98 Å². The molecule has 1 N–H and O–H groups in total. The van der Waals surface area contributed by atoms with Crippen molar-refractivity contribution in [2.24, 2.45) is 0 Å². The van der Waals surface area contributed by atoms with Crippen LogP contribution in [0.1, 0.15) is 24.1 Å². The zero-order valence-corrected chi connectivity index (χ0v) is 16.7. The Hall–Kier alpha value is -2.83. The fourth-order valence-corrected chi connectivity index (χ4v) is 3.82. The van der Waals surface area contributed by atoms with E-state index in [2.05, 4.69) is 20.1 Å². The number of carbonyl (C=O) groups is 1. The number of aromatic nitrogens is 2. The summed E-state index contributed by atoms with van der Waals surface area (Å²) in [6.07, 6.45) is 2.42. The molecule has 0 aliphatic carbocycles. The third-order valence-corrected chi connectivity index (χ3v) is 5.38. The molecule has 0 atom stereocenters. The van der Waals surface area contributed by atoms with Crippen molar-refractivity contribution < 1.29 is 4.79 Å². The highest BCUT2D eigenvalue weighted by atomic mass is 16.2. The van der Waals surface area contributed by atoms with Crippen LogP contribution in [0, 0.1) is 13.8 Å². The molecule has 2 aliphatic heterocycles. The van der Waals surface area contributed by atoms with Crippen molar-refractivity contribution in [1.82, 2.24) is 14.9 Å². The molecule has 0 bridgehead atoms. The Kier molecular flexibility index (Phi) is 5.32. The van der Waals surface area contributed by atoms with Gasteiger partial charge in [0, 0.05) is 56.7 Å². The van der Waals surface area contributed by atoms with Crippen molar-refractivity contribution in [3.8, 4) is 0 Å². The molecule has 2 amide bonds. The van der Waals surface area contributed by atoms with E-state index in [1.807, 2.05) is 49.1 Å². The van der Waals surface area contributed by atoms with Crippen molar-refractivity contribution in [3.05, 3.63) is 41.6 Å². The number of urea groups is 1. The van der Waals surface area contributed by atoms with Crippen molar-refractivity contribution in [3.63, 3.8) is 0 Å². The van der Waals surface area contributed by atoms with Gasteiger partial charge in [0.05, 0.1) is 0 Å². The summed E-state index contributed by atoms with van der Waals surface area (Å²) in [4.78, 5) is 28.4. The normalized spacial score (nSPS) is 17.1. The van der Waals surface area contributed by atoms with Crippen molar-refractivity contribution in [1.29, 1.82) is 0 Å². The number of anilines is 3. The van der Waals surface area contributed by atoms with E-state index in [0.29, 0.717) is 13.1 Å². The van der Waals surface area contributed by atoms with Gasteiger partial charge in [0.1, 0.15) is 5.82 Å². The van der Waals surface area contributed by atoms with Crippen LogP contribution < -0.4 is 15.1 Å². The van der Waals surface area contributed by atoms with Gasteiger partial charge in [-0.05, 0) is 44.4 Å². The number of nitrogens with one attached hydrogen (secondary N) is 1. The number of hydrogen-bond donors (Lipinski definition) is 1. The Balaban J connectivity index is 1.38. The summed E-state index contributed by atoms with van der Waals surface area (Å²) in [6, 6.07) is 9.89. The highest BCUT2D eigenvalue weighted by Crippen LogP contribution is 2.22. The number of carbonyl (C=O) groups excluding carboxylic acids is 1. The third kappa shape index (κ3) is 4.18. The second-order valence-electron chi connectivity index (χ2n) is 7.64. The Bertz CT molecular complexity index is 841. The average molecular weight is 380 g/mol. The van der Waals surface area contributed by atoms with E-state index in [0.717, 1.165) is 54.9 Å². The van der Waals surface area contributed by atoms with Gasteiger partial charge in [0.25, 0.3) is 0 Å². The van der Waals surface area contributed by atoms with E-state index in [-0.39, 0.29) is 6.03 Å². The minimum Gasteiger partial charge on any atom is -0.353 e. The largest absolute Gasteiger partial charge is 0.353 e. The minimum atomic E-state index is -0.0399. The predicted molar refractivity (Wildman–Crippen MR) is 112 cm³/mol. The minimum absolute atomic E-state index is 0.0399. The number of amides is 2. The van der Waals surface area contributed by atoms with Crippen LogP contribution in [0.3, 0.4) is 0 Å². The van der Waals surface area contributed by atoms with Gasteiger partial charge < -0.3 is 20.0 Å². The summed E-state index contributed by atoms with van der Waals surface area (Å²) in [5, 5.41) is 3.00. The quantitative estimate of drug-likeness (QED) is 0.887. The van der Waals surface area contributed by atoms with Gasteiger partial charge in [-0.15, -0.1) is 0 Å². The fourth-order valence-electron chi connectivity index (χ4n) is 3.82. The molecule has 1 aromatic heterocycles. The number of piperazine rings is 1. The van der Waals surface area contributed by atoms with E-state index in [1.54, 1.807) is 0 Å². The first-order chi connectivity index (χ1) is 13.6. The van der Waals surface area contributed by atoms with Gasteiger partial charge in [-0.25, -0.2) is 9.78 Å². The van der Waals surface area contributed by atoms with Crippen LogP contribution in [0.15, 0.2) is 30.3 Å². The number of nitrogens with zero attached hydrogens (tertiary/aromatic N) is 5. The topological polar surface area (TPSA) is 64.6 Å². The lowest BCUT2D eigenvalue weighted by Crippen LogP contribution is -2.50. The van der Waals surface area contributed by atoms with Crippen LogP contribution in [0.5, 0.6) is 0 Å². The lowest BCUT2D eigenvalue weighted by molar-refractivity contribution is 0.208. The third-order valence-electron chi connectivity index (χ3n) is 5.38. The molecule has 4 rings (SSSR count). The molecular formula is C21H28N6O. The van der Waals surface area contributed by atoms with E-state index >= 15 is 0 Å². The molecule has 0 spiro atoms. The molecule has 148 valence electrons. The van der Waals surface area contributed by atoms with Gasteiger partial charge in [0.15, 0.2) is 0 Å². The summed E-state index contributed by atoms with van der Waals surface area (Å²) >= 11 is 0. The summed E-state index contributed by atoms with van der Waals surface area (Å²) in [5.41, 5.74) is 2.97. The molecule has 7 heteroatoms. The van der Waals surface area contributed by atoms with E-state index < -0.39 is 0 Å². The number of benzene rings is 1. The zero-order chi connectivity index (χ0) is 19.5. The summed E-state index contributed by atoms with van der Waals surface area (Å²) < 4.78 is 0. The Morgan fingerprint density at radius 2 is 1.68 bits per heavy atom. The number of rotatable bonds is 3. The van der Waals surface area contributed by atoms with Gasteiger partial charge in [0.2, 0.25) is 5.95 Å². The zero-order valence-electron chi connectivity index (χ0n) is 16.7. The lowest BCUT2D eigenvalue weighted by atomic mass is 10.2. The molecule has 28 heavy (non-hydrogen) atoms. The van der Waals surface area contributed by atoms with E-state index in [1.165, 1.54) is 12.8 Å². The molecule has 3 heterocycles. The monoisotopic (exact) mass is 380 g/mol. The molecular weight excluding hydrogens is 352 g/mol. The molecule has 2 fully saturated rings. The van der Waals surface area contributed by atoms with Crippen LogP contribution in [0.25, 0.3) is 0 Å². The Morgan fingerprint density at radius 3 is 2.39 bits per heavy atom. The van der Waals surface area contributed by atoms with E-state index in [4.69, 9.17) is 4.98 Å². The van der Waals surface area contributed by atoms with Crippen LogP contribution >= 0.6 is 0 Å².